The molecular weight excluding hydrogens is 146 g/mol. The van der Waals surface area contributed by atoms with Gasteiger partial charge in [-0.2, -0.15) is 0 Å². The summed E-state index contributed by atoms with van der Waals surface area (Å²) in [5.41, 5.74) is 0. The topological polar surface area (TPSA) is 3.24 Å². The second-order valence-electron chi connectivity index (χ2n) is 5.20. The van der Waals surface area contributed by atoms with Gasteiger partial charge in [0.05, 0.1) is 0 Å². The van der Waals surface area contributed by atoms with E-state index in [0.29, 0.717) is 0 Å². The smallest absolute Gasteiger partial charge is 0.0101 e. The molecule has 0 aromatic carbocycles. The predicted octanol–water partition coefficient (Wildman–Crippen LogP) is 2.13. The van der Waals surface area contributed by atoms with Crippen molar-refractivity contribution in [3.05, 3.63) is 0 Å². The van der Waals surface area contributed by atoms with Crippen LogP contribution in [-0.4, -0.2) is 24.0 Å². The van der Waals surface area contributed by atoms with Crippen molar-refractivity contribution in [3.63, 3.8) is 0 Å². The van der Waals surface area contributed by atoms with Crippen LogP contribution in [0.4, 0.5) is 0 Å². The first-order chi connectivity index (χ1) is 5.77. The van der Waals surface area contributed by atoms with Crippen molar-refractivity contribution in [2.24, 2.45) is 17.8 Å². The number of fused-ring (bicyclic) bond motifs is 2. The average molecular weight is 165 g/mol. The lowest BCUT2D eigenvalue weighted by molar-refractivity contribution is 0.133. The Kier molecular flexibility index (Phi) is 1.39. The Morgan fingerprint density at radius 1 is 1.08 bits per heavy atom. The fourth-order valence-electron chi connectivity index (χ4n) is 3.66. The van der Waals surface area contributed by atoms with Gasteiger partial charge in [-0.05, 0) is 57.4 Å². The molecule has 1 aliphatic heterocycles. The van der Waals surface area contributed by atoms with Crippen LogP contribution in [0.3, 0.4) is 0 Å². The molecule has 1 saturated heterocycles. The van der Waals surface area contributed by atoms with Crippen LogP contribution in [0.5, 0.6) is 0 Å². The van der Waals surface area contributed by atoms with E-state index in [-0.39, 0.29) is 0 Å². The van der Waals surface area contributed by atoms with Crippen molar-refractivity contribution in [1.82, 2.24) is 4.90 Å². The molecule has 2 unspecified atom stereocenters. The lowest BCUT2D eigenvalue weighted by Crippen LogP contribution is -2.39. The zero-order valence-electron chi connectivity index (χ0n) is 8.16. The molecule has 12 heavy (non-hydrogen) atoms. The van der Waals surface area contributed by atoms with E-state index in [1.54, 1.807) is 12.8 Å². The van der Waals surface area contributed by atoms with E-state index in [1.165, 1.54) is 12.8 Å². The predicted molar refractivity (Wildman–Crippen MR) is 50.0 cm³/mol. The van der Waals surface area contributed by atoms with Crippen LogP contribution in [0.2, 0.25) is 0 Å². The van der Waals surface area contributed by atoms with Crippen LogP contribution in [0.15, 0.2) is 0 Å². The summed E-state index contributed by atoms with van der Waals surface area (Å²) in [6, 6.07) is 1.84. The van der Waals surface area contributed by atoms with E-state index in [9.17, 15) is 0 Å². The van der Waals surface area contributed by atoms with Crippen molar-refractivity contribution in [2.75, 3.05) is 7.05 Å². The van der Waals surface area contributed by atoms with E-state index in [2.05, 4.69) is 18.9 Å². The van der Waals surface area contributed by atoms with E-state index in [0.717, 1.165) is 29.8 Å². The minimum absolute atomic E-state index is 0.884. The monoisotopic (exact) mass is 165 g/mol. The number of hydrogen-bond acceptors (Lipinski definition) is 1. The zero-order chi connectivity index (χ0) is 8.29. The van der Waals surface area contributed by atoms with E-state index in [4.69, 9.17) is 0 Å². The van der Waals surface area contributed by atoms with E-state index in [1.807, 2.05) is 0 Å². The highest BCUT2D eigenvalue weighted by Crippen LogP contribution is 2.54. The molecule has 0 N–H and O–H groups in total. The van der Waals surface area contributed by atoms with Crippen LogP contribution in [0.1, 0.15) is 32.6 Å². The number of piperidine rings is 1. The fourth-order valence-corrected chi connectivity index (χ4v) is 3.66. The van der Waals surface area contributed by atoms with E-state index >= 15 is 0 Å². The van der Waals surface area contributed by atoms with Gasteiger partial charge in [0.2, 0.25) is 0 Å². The van der Waals surface area contributed by atoms with Gasteiger partial charge in [-0.15, -0.1) is 0 Å². The van der Waals surface area contributed by atoms with Gasteiger partial charge in [0.25, 0.3) is 0 Å². The SMILES string of the molecule is CC1[C@@H]2C[C@@H](CC2C2CC2)N1C. The second-order valence-corrected chi connectivity index (χ2v) is 5.20. The minimum Gasteiger partial charge on any atom is -0.300 e. The highest BCUT2D eigenvalue weighted by atomic mass is 15.2. The summed E-state index contributed by atoms with van der Waals surface area (Å²) in [5, 5.41) is 0. The highest BCUT2D eigenvalue weighted by Gasteiger charge is 2.51. The summed E-state index contributed by atoms with van der Waals surface area (Å²) in [5.74, 6) is 3.34. The molecule has 1 nitrogen and oxygen atoms in total. The van der Waals surface area contributed by atoms with Crippen molar-refractivity contribution in [1.29, 1.82) is 0 Å². The first-order valence-electron chi connectivity index (χ1n) is 5.49. The summed E-state index contributed by atoms with van der Waals surface area (Å²) in [6.07, 6.45) is 6.13. The van der Waals surface area contributed by atoms with Gasteiger partial charge >= 0.3 is 0 Å². The van der Waals surface area contributed by atoms with Crippen molar-refractivity contribution in [3.8, 4) is 0 Å². The minimum atomic E-state index is 0.884. The Balaban J connectivity index is 1.79. The van der Waals surface area contributed by atoms with Crippen molar-refractivity contribution < 1.29 is 0 Å². The Bertz CT molecular complexity index is 195. The van der Waals surface area contributed by atoms with Gasteiger partial charge in [0.15, 0.2) is 0 Å². The molecule has 0 aromatic rings. The van der Waals surface area contributed by atoms with Crippen molar-refractivity contribution in [2.45, 2.75) is 44.7 Å². The summed E-state index contributed by atoms with van der Waals surface area (Å²) >= 11 is 0. The second kappa shape index (κ2) is 2.25. The number of likely N-dealkylation sites (tertiary alicyclic amines) is 1. The van der Waals surface area contributed by atoms with Gasteiger partial charge in [-0.3, -0.25) is 0 Å². The van der Waals surface area contributed by atoms with Gasteiger partial charge < -0.3 is 4.90 Å². The molecule has 2 saturated carbocycles. The third kappa shape index (κ3) is 0.834. The Morgan fingerprint density at radius 2 is 1.75 bits per heavy atom. The summed E-state index contributed by atoms with van der Waals surface area (Å²) in [4.78, 5) is 2.61. The quantitative estimate of drug-likeness (QED) is 0.575. The molecule has 1 heterocycles. The van der Waals surface area contributed by atoms with Crippen molar-refractivity contribution >= 4 is 0 Å². The average Bonchev–Trinajstić information content (AvgIpc) is 2.77. The maximum absolute atomic E-state index is 2.61. The molecule has 3 aliphatic rings. The van der Waals surface area contributed by atoms with Crippen LogP contribution in [0, 0.1) is 17.8 Å². The molecule has 3 fully saturated rings. The maximum atomic E-state index is 2.61. The largest absolute Gasteiger partial charge is 0.300 e. The lowest BCUT2D eigenvalue weighted by atomic mass is 9.85. The molecule has 1 heteroatoms. The molecule has 0 radical (unpaired) electrons. The standard InChI is InChI=1S/C11H19N/c1-7-10-5-9(12(7)2)6-11(10)8-3-4-8/h7-11H,3-6H2,1-2H3/t7?,9-,10-,11?/m0/s1. The molecule has 3 rings (SSSR count). The number of hydrogen-bond donors (Lipinski definition) is 0. The maximum Gasteiger partial charge on any atom is 0.0101 e. The first-order valence-corrected chi connectivity index (χ1v) is 5.49. The molecule has 4 atom stereocenters. The summed E-state index contributed by atoms with van der Waals surface area (Å²) < 4.78 is 0. The number of nitrogens with zero attached hydrogens (tertiary/aromatic N) is 1. The van der Waals surface area contributed by atoms with E-state index < -0.39 is 0 Å². The third-order valence-electron chi connectivity index (χ3n) is 4.70. The van der Waals surface area contributed by atoms with Crippen LogP contribution in [-0.2, 0) is 0 Å². The molecule has 2 bridgehead atoms. The Labute approximate surface area is 75.1 Å². The number of rotatable bonds is 1. The van der Waals surface area contributed by atoms with Crippen LogP contribution in [0.25, 0.3) is 0 Å². The molecule has 0 amide bonds. The molecule has 68 valence electrons. The molecule has 0 aromatic heterocycles. The summed E-state index contributed by atoms with van der Waals surface area (Å²) in [6.45, 7) is 2.43. The molecular formula is C11H19N. The van der Waals surface area contributed by atoms with Crippen LogP contribution < -0.4 is 0 Å². The fraction of sp³-hybridized carbons (Fsp3) is 1.00. The van der Waals surface area contributed by atoms with Gasteiger partial charge in [-0.1, -0.05) is 0 Å². The van der Waals surface area contributed by atoms with Gasteiger partial charge in [0, 0.05) is 12.1 Å². The summed E-state index contributed by atoms with van der Waals surface area (Å²) in [7, 11) is 2.32. The van der Waals surface area contributed by atoms with Crippen LogP contribution >= 0.6 is 0 Å². The third-order valence-corrected chi connectivity index (χ3v) is 4.70. The normalized spacial score (nSPS) is 53.5. The van der Waals surface area contributed by atoms with Gasteiger partial charge in [-0.25, -0.2) is 0 Å². The highest BCUT2D eigenvalue weighted by molar-refractivity contribution is 5.04. The molecule has 2 aliphatic carbocycles. The molecule has 0 spiro atoms. The Morgan fingerprint density at radius 3 is 2.25 bits per heavy atom. The first kappa shape index (κ1) is 7.37. The van der Waals surface area contributed by atoms with Gasteiger partial charge in [0.1, 0.15) is 0 Å². The lowest BCUT2D eigenvalue weighted by Gasteiger charge is -2.34. The Hall–Kier alpha value is -0.0400. The zero-order valence-corrected chi connectivity index (χ0v) is 8.16.